The summed E-state index contributed by atoms with van der Waals surface area (Å²) in [5.41, 5.74) is 5.22. The van der Waals surface area contributed by atoms with Gasteiger partial charge in [0.15, 0.2) is 0 Å². The molecule has 0 aliphatic carbocycles. The predicted molar refractivity (Wildman–Crippen MR) is 98.7 cm³/mol. The number of hydrogen-bond acceptors (Lipinski definition) is 4. The number of imidazole rings is 1. The Morgan fingerprint density at radius 1 is 1.27 bits per heavy atom. The van der Waals surface area contributed by atoms with Gasteiger partial charge in [-0.3, -0.25) is 4.90 Å². The third kappa shape index (κ3) is 3.07. The summed E-state index contributed by atoms with van der Waals surface area (Å²) in [6.45, 7) is 2.39. The number of rotatable bonds is 4. The Hall–Kier alpha value is -3.10. The maximum Gasteiger partial charge on any atom is 0.119 e. The Kier molecular flexibility index (Phi) is 4.42. The van der Waals surface area contributed by atoms with Crippen LogP contribution in [0.4, 0.5) is 0 Å². The molecule has 3 aromatic rings. The van der Waals surface area contributed by atoms with Crippen LogP contribution in [0, 0.1) is 11.3 Å². The maximum atomic E-state index is 9.36. The van der Waals surface area contributed by atoms with Gasteiger partial charge in [0.05, 0.1) is 36.5 Å². The molecule has 5 nitrogen and oxygen atoms in total. The molecule has 1 atom stereocenters. The fourth-order valence-electron chi connectivity index (χ4n) is 3.64. The minimum absolute atomic E-state index is 0.175. The Morgan fingerprint density at radius 3 is 3.00 bits per heavy atom. The van der Waals surface area contributed by atoms with Crippen LogP contribution in [0.2, 0.25) is 0 Å². The molecule has 0 saturated carbocycles. The van der Waals surface area contributed by atoms with Crippen LogP contribution in [0.1, 0.15) is 34.0 Å². The standard InChI is InChI=1S/C21H20N4O/c1-26-18-8-4-7-15(9-18)19-12-25(13-20-21(19)24-14-23-20)11-17-6-3-2-5-16(17)10-22/h2-9,14,19H,11-13H2,1H3,(H,23,24). The van der Waals surface area contributed by atoms with Crippen molar-refractivity contribution in [3.63, 3.8) is 0 Å². The SMILES string of the molecule is COc1cccc(C2CN(Cc3ccccc3C#N)Cc3[nH]cnc32)c1. The van der Waals surface area contributed by atoms with Crippen molar-refractivity contribution >= 4 is 0 Å². The van der Waals surface area contributed by atoms with E-state index in [-0.39, 0.29) is 5.92 Å². The molecule has 1 aliphatic rings. The van der Waals surface area contributed by atoms with Crippen molar-refractivity contribution in [3.8, 4) is 11.8 Å². The van der Waals surface area contributed by atoms with Gasteiger partial charge in [-0.15, -0.1) is 0 Å². The first-order valence-corrected chi connectivity index (χ1v) is 8.65. The van der Waals surface area contributed by atoms with Crippen LogP contribution in [0.5, 0.6) is 5.75 Å². The summed E-state index contributed by atoms with van der Waals surface area (Å²) in [5.74, 6) is 1.03. The molecule has 1 aromatic heterocycles. The number of ether oxygens (including phenoxy) is 1. The third-order valence-corrected chi connectivity index (χ3v) is 4.93. The Balaban J connectivity index is 1.65. The van der Waals surface area contributed by atoms with Crippen LogP contribution in [-0.2, 0) is 13.1 Å². The van der Waals surface area contributed by atoms with Gasteiger partial charge in [-0.2, -0.15) is 5.26 Å². The van der Waals surface area contributed by atoms with Crippen LogP contribution < -0.4 is 4.74 Å². The summed E-state index contributed by atoms with van der Waals surface area (Å²) in [5, 5.41) is 9.36. The van der Waals surface area contributed by atoms with E-state index in [0.29, 0.717) is 0 Å². The van der Waals surface area contributed by atoms with Gasteiger partial charge in [-0.05, 0) is 29.3 Å². The predicted octanol–water partition coefficient (Wildman–Crippen LogP) is 3.44. The highest BCUT2D eigenvalue weighted by Crippen LogP contribution is 2.33. The largest absolute Gasteiger partial charge is 0.497 e. The van der Waals surface area contributed by atoms with Crippen LogP contribution in [0.3, 0.4) is 0 Å². The van der Waals surface area contributed by atoms with E-state index in [2.05, 4.69) is 33.1 Å². The zero-order chi connectivity index (χ0) is 17.9. The molecule has 4 rings (SSSR count). The number of benzene rings is 2. The highest BCUT2D eigenvalue weighted by atomic mass is 16.5. The number of aromatic nitrogens is 2. The lowest BCUT2D eigenvalue weighted by molar-refractivity contribution is 0.227. The molecule has 0 radical (unpaired) electrons. The second-order valence-electron chi connectivity index (χ2n) is 6.53. The number of aromatic amines is 1. The Bertz CT molecular complexity index is 956. The highest BCUT2D eigenvalue weighted by Gasteiger charge is 2.29. The van der Waals surface area contributed by atoms with E-state index in [1.807, 2.05) is 36.4 Å². The van der Waals surface area contributed by atoms with E-state index in [0.717, 1.165) is 47.9 Å². The maximum absolute atomic E-state index is 9.36. The molecule has 130 valence electrons. The van der Waals surface area contributed by atoms with Crippen LogP contribution in [0.15, 0.2) is 54.9 Å². The molecule has 2 aromatic carbocycles. The molecule has 1 N–H and O–H groups in total. The van der Waals surface area contributed by atoms with E-state index in [1.54, 1.807) is 13.4 Å². The lowest BCUT2D eigenvalue weighted by atomic mass is 9.90. The van der Waals surface area contributed by atoms with Crippen LogP contribution in [-0.4, -0.2) is 28.5 Å². The van der Waals surface area contributed by atoms with Gasteiger partial charge in [0, 0.05) is 25.6 Å². The van der Waals surface area contributed by atoms with Crippen LogP contribution >= 0.6 is 0 Å². The van der Waals surface area contributed by atoms with Gasteiger partial charge in [0.25, 0.3) is 0 Å². The van der Waals surface area contributed by atoms with E-state index in [9.17, 15) is 5.26 Å². The number of nitriles is 1. The molecule has 1 unspecified atom stereocenters. The molecular weight excluding hydrogens is 324 g/mol. The van der Waals surface area contributed by atoms with Gasteiger partial charge in [0.2, 0.25) is 0 Å². The topological polar surface area (TPSA) is 64.9 Å². The monoisotopic (exact) mass is 344 g/mol. The number of fused-ring (bicyclic) bond motifs is 1. The zero-order valence-electron chi connectivity index (χ0n) is 14.6. The average molecular weight is 344 g/mol. The van der Waals surface area contributed by atoms with Gasteiger partial charge >= 0.3 is 0 Å². The first-order valence-electron chi connectivity index (χ1n) is 8.65. The van der Waals surface area contributed by atoms with Gasteiger partial charge in [0.1, 0.15) is 5.75 Å². The van der Waals surface area contributed by atoms with Crippen molar-refractivity contribution in [3.05, 3.63) is 82.9 Å². The number of nitrogens with zero attached hydrogens (tertiary/aromatic N) is 3. The van der Waals surface area contributed by atoms with Crippen molar-refractivity contribution in [2.24, 2.45) is 0 Å². The minimum atomic E-state index is 0.175. The van der Waals surface area contributed by atoms with E-state index in [1.165, 1.54) is 5.56 Å². The number of methoxy groups -OCH3 is 1. The van der Waals surface area contributed by atoms with E-state index in [4.69, 9.17) is 4.74 Å². The fraction of sp³-hybridized carbons (Fsp3) is 0.238. The summed E-state index contributed by atoms with van der Waals surface area (Å²) in [6.07, 6.45) is 1.77. The number of nitrogens with one attached hydrogen (secondary N) is 1. The van der Waals surface area contributed by atoms with Crippen molar-refractivity contribution in [2.45, 2.75) is 19.0 Å². The molecule has 5 heteroatoms. The first kappa shape index (κ1) is 16.4. The lowest BCUT2D eigenvalue weighted by Crippen LogP contribution is -2.34. The molecular formula is C21H20N4O. The van der Waals surface area contributed by atoms with E-state index >= 15 is 0 Å². The summed E-state index contributed by atoms with van der Waals surface area (Å²) >= 11 is 0. The molecule has 0 saturated heterocycles. The molecule has 0 bridgehead atoms. The highest BCUT2D eigenvalue weighted by molar-refractivity contribution is 5.39. The van der Waals surface area contributed by atoms with Crippen molar-refractivity contribution in [1.82, 2.24) is 14.9 Å². The van der Waals surface area contributed by atoms with Crippen LogP contribution in [0.25, 0.3) is 0 Å². The normalized spacial score (nSPS) is 16.7. The Morgan fingerprint density at radius 2 is 2.15 bits per heavy atom. The summed E-state index contributed by atoms with van der Waals surface area (Å²) in [6, 6.07) is 18.3. The number of hydrogen-bond donors (Lipinski definition) is 1. The van der Waals surface area contributed by atoms with Gasteiger partial charge in [-0.25, -0.2) is 4.98 Å². The third-order valence-electron chi connectivity index (χ3n) is 4.93. The van der Waals surface area contributed by atoms with Crippen molar-refractivity contribution in [2.75, 3.05) is 13.7 Å². The van der Waals surface area contributed by atoms with Gasteiger partial charge in [-0.1, -0.05) is 30.3 Å². The quantitative estimate of drug-likeness (QED) is 0.787. The van der Waals surface area contributed by atoms with Crippen molar-refractivity contribution in [1.29, 1.82) is 5.26 Å². The lowest BCUT2D eigenvalue weighted by Gasteiger charge is -2.32. The minimum Gasteiger partial charge on any atom is -0.497 e. The van der Waals surface area contributed by atoms with E-state index < -0.39 is 0 Å². The summed E-state index contributed by atoms with van der Waals surface area (Å²) in [4.78, 5) is 10.2. The second kappa shape index (κ2) is 7.03. The fourth-order valence-corrected chi connectivity index (χ4v) is 3.64. The molecule has 0 amide bonds. The molecule has 1 aliphatic heterocycles. The van der Waals surface area contributed by atoms with Gasteiger partial charge < -0.3 is 9.72 Å². The number of H-pyrrole nitrogens is 1. The first-order chi connectivity index (χ1) is 12.8. The zero-order valence-corrected chi connectivity index (χ0v) is 14.6. The van der Waals surface area contributed by atoms with Crippen molar-refractivity contribution < 1.29 is 4.74 Å². The average Bonchev–Trinajstić information content (AvgIpc) is 3.16. The molecule has 26 heavy (non-hydrogen) atoms. The summed E-state index contributed by atoms with van der Waals surface area (Å²) < 4.78 is 5.39. The molecule has 0 fully saturated rings. The smallest absolute Gasteiger partial charge is 0.119 e. The summed E-state index contributed by atoms with van der Waals surface area (Å²) in [7, 11) is 1.69. The second-order valence-corrected chi connectivity index (χ2v) is 6.53. The molecule has 2 heterocycles. The molecule has 0 spiro atoms. The Labute approximate surface area is 152 Å².